The molecule has 0 saturated carbocycles. The first-order chi connectivity index (χ1) is 14.1. The Kier molecular flexibility index (Phi) is 5.87. The Balaban J connectivity index is 1.35. The Morgan fingerprint density at radius 1 is 0.724 bits per heavy atom. The van der Waals surface area contributed by atoms with Gasteiger partial charge in [-0.1, -0.05) is 12.8 Å². The molecule has 2 saturated heterocycles. The van der Waals surface area contributed by atoms with Crippen LogP contribution in [0.25, 0.3) is 0 Å². The molecule has 2 aliphatic heterocycles. The fraction of sp³-hybridized carbons (Fsp3) is 0.476. The first-order valence-electron chi connectivity index (χ1n) is 10.2. The first-order valence-corrected chi connectivity index (χ1v) is 10.2. The van der Waals surface area contributed by atoms with Gasteiger partial charge in [-0.15, -0.1) is 10.2 Å². The van der Waals surface area contributed by atoms with Crippen molar-refractivity contribution in [2.45, 2.75) is 25.7 Å². The molecule has 0 radical (unpaired) electrons. The summed E-state index contributed by atoms with van der Waals surface area (Å²) < 4.78 is 26.5. The van der Waals surface area contributed by atoms with E-state index in [4.69, 9.17) is 0 Å². The molecular formula is C21H25F2N5O. The molecule has 3 heterocycles. The normalized spacial score (nSPS) is 17.9. The number of anilines is 2. The van der Waals surface area contributed by atoms with Gasteiger partial charge in [0.1, 0.15) is 0 Å². The molecule has 2 fully saturated rings. The topological polar surface area (TPSA) is 52.6 Å². The molecule has 0 bridgehead atoms. The van der Waals surface area contributed by atoms with Crippen molar-refractivity contribution < 1.29 is 13.6 Å². The van der Waals surface area contributed by atoms with E-state index in [0.717, 1.165) is 36.9 Å². The van der Waals surface area contributed by atoms with Crippen LogP contribution in [0.5, 0.6) is 0 Å². The van der Waals surface area contributed by atoms with Crippen molar-refractivity contribution in [1.29, 1.82) is 0 Å². The highest BCUT2D eigenvalue weighted by molar-refractivity contribution is 5.94. The minimum absolute atomic E-state index is 0.166. The predicted octanol–water partition coefficient (Wildman–Crippen LogP) is 3.10. The number of benzene rings is 1. The number of aromatic nitrogens is 2. The number of nitrogens with zero attached hydrogens (tertiary/aromatic N) is 5. The van der Waals surface area contributed by atoms with Crippen molar-refractivity contribution in [3.8, 4) is 0 Å². The molecule has 0 spiro atoms. The molecule has 0 atom stereocenters. The maximum atomic E-state index is 13.4. The molecule has 2 aromatic rings. The second-order valence-electron chi connectivity index (χ2n) is 7.56. The standard InChI is InChI=1S/C21H25F2N5O/c22-17-6-5-16(15-18(17)23)21(29)28-13-11-27(12-14-28)20-8-7-19(24-25-20)26-9-3-1-2-4-10-26/h5-8,15H,1-4,9-14H2. The van der Waals surface area contributed by atoms with Gasteiger partial charge in [-0.3, -0.25) is 4.79 Å². The van der Waals surface area contributed by atoms with Gasteiger partial charge in [-0.05, 0) is 43.2 Å². The monoisotopic (exact) mass is 401 g/mol. The molecular weight excluding hydrogens is 376 g/mol. The number of carbonyl (C=O) groups excluding carboxylic acids is 1. The summed E-state index contributed by atoms with van der Waals surface area (Å²) >= 11 is 0. The summed E-state index contributed by atoms with van der Waals surface area (Å²) in [6.45, 7) is 4.28. The second-order valence-corrected chi connectivity index (χ2v) is 7.56. The third kappa shape index (κ3) is 4.46. The number of rotatable bonds is 3. The largest absolute Gasteiger partial charge is 0.355 e. The lowest BCUT2D eigenvalue weighted by Gasteiger charge is -2.35. The van der Waals surface area contributed by atoms with E-state index < -0.39 is 11.6 Å². The minimum atomic E-state index is -1.01. The van der Waals surface area contributed by atoms with Crippen LogP contribution >= 0.6 is 0 Å². The number of hydrogen-bond donors (Lipinski definition) is 0. The summed E-state index contributed by atoms with van der Waals surface area (Å²) in [5, 5.41) is 8.81. The number of carbonyl (C=O) groups is 1. The highest BCUT2D eigenvalue weighted by Gasteiger charge is 2.24. The maximum absolute atomic E-state index is 13.4. The Morgan fingerprint density at radius 3 is 1.86 bits per heavy atom. The third-order valence-corrected chi connectivity index (χ3v) is 5.62. The van der Waals surface area contributed by atoms with Crippen LogP contribution < -0.4 is 9.80 Å². The zero-order chi connectivity index (χ0) is 20.2. The second kappa shape index (κ2) is 8.71. The van der Waals surface area contributed by atoms with Crippen LogP contribution in [0.4, 0.5) is 20.4 Å². The average molecular weight is 401 g/mol. The van der Waals surface area contributed by atoms with Gasteiger partial charge in [0.05, 0.1) is 0 Å². The lowest BCUT2D eigenvalue weighted by molar-refractivity contribution is 0.0746. The van der Waals surface area contributed by atoms with Crippen molar-refractivity contribution in [2.24, 2.45) is 0 Å². The fourth-order valence-corrected chi connectivity index (χ4v) is 3.91. The van der Waals surface area contributed by atoms with E-state index in [9.17, 15) is 13.6 Å². The smallest absolute Gasteiger partial charge is 0.254 e. The Hall–Kier alpha value is -2.77. The molecule has 1 aromatic carbocycles. The molecule has 154 valence electrons. The zero-order valence-electron chi connectivity index (χ0n) is 16.4. The Morgan fingerprint density at radius 2 is 1.31 bits per heavy atom. The van der Waals surface area contributed by atoms with Gasteiger partial charge >= 0.3 is 0 Å². The molecule has 0 aliphatic carbocycles. The van der Waals surface area contributed by atoms with E-state index in [1.165, 1.54) is 31.7 Å². The summed E-state index contributed by atoms with van der Waals surface area (Å²) in [5.74, 6) is -0.528. The molecule has 1 aromatic heterocycles. The number of halogens is 2. The van der Waals surface area contributed by atoms with Gasteiger partial charge in [0, 0.05) is 44.8 Å². The van der Waals surface area contributed by atoms with Gasteiger partial charge in [-0.25, -0.2) is 8.78 Å². The van der Waals surface area contributed by atoms with Crippen molar-refractivity contribution in [3.05, 3.63) is 47.5 Å². The molecule has 8 heteroatoms. The first kappa shape index (κ1) is 19.5. The van der Waals surface area contributed by atoms with E-state index in [0.29, 0.717) is 26.2 Å². The van der Waals surface area contributed by atoms with Crippen molar-refractivity contribution >= 4 is 17.5 Å². The molecule has 2 aliphatic rings. The number of piperazine rings is 1. The Labute approximate surface area is 169 Å². The van der Waals surface area contributed by atoms with E-state index in [1.54, 1.807) is 4.90 Å². The van der Waals surface area contributed by atoms with Gasteiger partial charge in [0.2, 0.25) is 0 Å². The zero-order valence-corrected chi connectivity index (χ0v) is 16.4. The van der Waals surface area contributed by atoms with Crippen LogP contribution in [-0.2, 0) is 0 Å². The molecule has 1 amide bonds. The third-order valence-electron chi connectivity index (χ3n) is 5.62. The number of amides is 1. The van der Waals surface area contributed by atoms with Crippen LogP contribution in [0.15, 0.2) is 30.3 Å². The van der Waals surface area contributed by atoms with E-state index in [-0.39, 0.29) is 11.5 Å². The summed E-state index contributed by atoms with van der Waals surface area (Å²) in [6.07, 6.45) is 4.93. The van der Waals surface area contributed by atoms with Crippen LogP contribution in [0, 0.1) is 11.6 Å². The molecule has 6 nitrogen and oxygen atoms in total. The lowest BCUT2D eigenvalue weighted by atomic mass is 10.1. The van der Waals surface area contributed by atoms with Gasteiger partial charge in [-0.2, -0.15) is 0 Å². The van der Waals surface area contributed by atoms with Crippen molar-refractivity contribution in [2.75, 3.05) is 49.1 Å². The van der Waals surface area contributed by atoms with Crippen LogP contribution in [0.3, 0.4) is 0 Å². The highest BCUT2D eigenvalue weighted by atomic mass is 19.2. The molecule has 0 unspecified atom stereocenters. The van der Waals surface area contributed by atoms with E-state index in [2.05, 4.69) is 20.0 Å². The van der Waals surface area contributed by atoms with Gasteiger partial charge in [0.15, 0.2) is 23.3 Å². The van der Waals surface area contributed by atoms with Crippen LogP contribution in [0.2, 0.25) is 0 Å². The SMILES string of the molecule is O=C(c1ccc(F)c(F)c1)N1CCN(c2ccc(N3CCCCCC3)nn2)CC1. The summed E-state index contributed by atoms with van der Waals surface area (Å²) in [5.41, 5.74) is 0.166. The lowest BCUT2D eigenvalue weighted by Crippen LogP contribution is -2.49. The molecule has 4 rings (SSSR count). The van der Waals surface area contributed by atoms with E-state index in [1.807, 2.05) is 12.1 Å². The number of hydrogen-bond acceptors (Lipinski definition) is 5. The molecule has 29 heavy (non-hydrogen) atoms. The van der Waals surface area contributed by atoms with Crippen molar-refractivity contribution in [1.82, 2.24) is 15.1 Å². The predicted molar refractivity (Wildman–Crippen MR) is 107 cm³/mol. The minimum Gasteiger partial charge on any atom is -0.355 e. The summed E-state index contributed by atoms with van der Waals surface area (Å²) in [6, 6.07) is 7.27. The van der Waals surface area contributed by atoms with Crippen LogP contribution in [-0.4, -0.2) is 60.3 Å². The fourth-order valence-electron chi connectivity index (χ4n) is 3.91. The van der Waals surface area contributed by atoms with Crippen LogP contribution in [0.1, 0.15) is 36.0 Å². The molecule has 0 N–H and O–H groups in total. The average Bonchev–Trinajstić information content (AvgIpc) is 3.05. The van der Waals surface area contributed by atoms with Gasteiger partial charge < -0.3 is 14.7 Å². The maximum Gasteiger partial charge on any atom is 0.254 e. The van der Waals surface area contributed by atoms with E-state index >= 15 is 0 Å². The quantitative estimate of drug-likeness (QED) is 0.791. The summed E-state index contributed by atoms with van der Waals surface area (Å²) in [7, 11) is 0. The highest BCUT2D eigenvalue weighted by Crippen LogP contribution is 2.20. The van der Waals surface area contributed by atoms with Gasteiger partial charge in [0.25, 0.3) is 5.91 Å². The van der Waals surface area contributed by atoms with Crippen molar-refractivity contribution in [3.63, 3.8) is 0 Å². The Bertz CT molecular complexity index is 845. The summed E-state index contributed by atoms with van der Waals surface area (Å²) in [4.78, 5) is 18.6.